The van der Waals surface area contributed by atoms with Crippen LogP contribution in [-0.2, 0) is 11.3 Å². The molecule has 2 aromatic heterocycles. The minimum absolute atomic E-state index is 0.0982. The van der Waals surface area contributed by atoms with Crippen LogP contribution in [0.5, 0.6) is 5.75 Å². The molecule has 1 N–H and O–H groups in total. The van der Waals surface area contributed by atoms with Gasteiger partial charge in [-0.15, -0.1) is 0 Å². The summed E-state index contributed by atoms with van der Waals surface area (Å²) < 4.78 is 26.9. The van der Waals surface area contributed by atoms with E-state index in [-0.39, 0.29) is 18.6 Å². The van der Waals surface area contributed by atoms with Crippen LogP contribution in [0, 0.1) is 0 Å². The number of fused-ring (bicyclic) bond motifs is 1. The highest BCUT2D eigenvalue weighted by molar-refractivity contribution is 5.99. The van der Waals surface area contributed by atoms with Crippen molar-refractivity contribution in [3.8, 4) is 17.0 Å². The van der Waals surface area contributed by atoms with Gasteiger partial charge < -0.3 is 14.8 Å². The van der Waals surface area contributed by atoms with Gasteiger partial charge in [-0.3, -0.25) is 14.1 Å². The molecule has 8 heteroatoms. The van der Waals surface area contributed by atoms with Gasteiger partial charge in [0.15, 0.2) is 0 Å². The van der Waals surface area contributed by atoms with Crippen molar-refractivity contribution in [2.24, 2.45) is 0 Å². The van der Waals surface area contributed by atoms with Crippen molar-refractivity contribution in [2.45, 2.75) is 64.1 Å². The number of hydrogen-bond acceptors (Lipinski definition) is 5. The largest absolute Gasteiger partial charge is 0.496 e. The summed E-state index contributed by atoms with van der Waals surface area (Å²) in [5.74, 6) is 0.168. The topological polar surface area (TPSA) is 68.1 Å². The maximum atomic E-state index is 13.9. The average Bonchev–Trinajstić information content (AvgIpc) is 3.65. The van der Waals surface area contributed by atoms with Gasteiger partial charge in [0.2, 0.25) is 6.36 Å². The van der Waals surface area contributed by atoms with E-state index in [0.29, 0.717) is 22.9 Å². The van der Waals surface area contributed by atoms with E-state index >= 15 is 0 Å². The molecule has 1 aliphatic carbocycles. The third kappa shape index (κ3) is 5.55. The predicted molar refractivity (Wildman–Crippen MR) is 141 cm³/mol. The molecule has 3 aromatic rings. The summed E-state index contributed by atoms with van der Waals surface area (Å²) in [5, 5.41) is 3.00. The van der Waals surface area contributed by atoms with Gasteiger partial charge in [-0.25, -0.2) is 9.37 Å². The fourth-order valence-electron chi connectivity index (χ4n) is 5.06. The Morgan fingerprint density at radius 3 is 2.76 bits per heavy atom. The van der Waals surface area contributed by atoms with E-state index in [0.717, 1.165) is 48.9 Å². The summed E-state index contributed by atoms with van der Waals surface area (Å²) in [5.41, 5.74) is 4.64. The monoisotopic (exact) mass is 506 g/mol. The number of benzene rings is 1. The third-order valence-electron chi connectivity index (χ3n) is 7.38. The van der Waals surface area contributed by atoms with Crippen LogP contribution in [-0.4, -0.2) is 52.8 Å². The number of pyridine rings is 1. The molecule has 1 amide bonds. The smallest absolute Gasteiger partial charge is 0.255 e. The van der Waals surface area contributed by atoms with Gasteiger partial charge in [0.25, 0.3) is 5.91 Å². The maximum absolute atomic E-state index is 13.9. The van der Waals surface area contributed by atoms with Crippen molar-refractivity contribution < 1.29 is 18.7 Å². The number of aromatic nitrogens is 2. The number of likely N-dealkylation sites (tertiary alicyclic amines) is 1. The van der Waals surface area contributed by atoms with Gasteiger partial charge in [-0.1, -0.05) is 13.0 Å². The first-order chi connectivity index (χ1) is 18.0. The molecular formula is C29H35FN4O3. The van der Waals surface area contributed by atoms with Crippen LogP contribution >= 0.6 is 0 Å². The van der Waals surface area contributed by atoms with Crippen molar-refractivity contribution in [2.75, 3.05) is 20.2 Å². The first-order valence-electron chi connectivity index (χ1n) is 13.1. The van der Waals surface area contributed by atoms with Crippen LogP contribution < -0.4 is 10.1 Å². The second-order valence-corrected chi connectivity index (χ2v) is 9.96. The number of amides is 1. The molecule has 2 unspecified atom stereocenters. The molecule has 0 bridgehead atoms. The number of methoxy groups -OCH3 is 1. The highest BCUT2D eigenvalue weighted by atomic mass is 19.1. The quantitative estimate of drug-likeness (QED) is 0.371. The summed E-state index contributed by atoms with van der Waals surface area (Å²) in [6, 6.07) is 8.48. The van der Waals surface area contributed by atoms with Crippen LogP contribution in [0.15, 0.2) is 49.3 Å². The summed E-state index contributed by atoms with van der Waals surface area (Å²) in [7, 11) is 1.53. The van der Waals surface area contributed by atoms with Crippen LogP contribution in [0.3, 0.4) is 0 Å². The average molecular weight is 507 g/mol. The van der Waals surface area contributed by atoms with E-state index in [1.54, 1.807) is 0 Å². The number of nitrogens with one attached hydrogen (secondary N) is 1. The number of imidazole rings is 1. The van der Waals surface area contributed by atoms with Crippen molar-refractivity contribution in [1.82, 2.24) is 19.6 Å². The van der Waals surface area contributed by atoms with Crippen LogP contribution in [0.2, 0.25) is 0 Å². The number of rotatable bonds is 10. The van der Waals surface area contributed by atoms with E-state index < -0.39 is 6.36 Å². The molecule has 1 aliphatic heterocycles. The number of carbonyl (C=O) groups excluding carboxylic acids is 1. The lowest BCUT2D eigenvalue weighted by molar-refractivity contribution is -0.0142. The van der Waals surface area contributed by atoms with Gasteiger partial charge in [0.1, 0.15) is 11.4 Å². The lowest BCUT2D eigenvalue weighted by Gasteiger charge is -2.32. The predicted octanol–water partition coefficient (Wildman–Crippen LogP) is 5.45. The number of carbonyl (C=O) groups is 1. The fourth-order valence-corrected chi connectivity index (χ4v) is 5.06. The molecule has 1 saturated heterocycles. The fraction of sp³-hybridized carbons (Fsp3) is 0.448. The van der Waals surface area contributed by atoms with E-state index in [9.17, 15) is 9.18 Å². The Morgan fingerprint density at radius 1 is 1.27 bits per heavy atom. The van der Waals surface area contributed by atoms with Gasteiger partial charge in [-0.05, 0) is 87.2 Å². The van der Waals surface area contributed by atoms with Gasteiger partial charge in [0, 0.05) is 23.8 Å². The van der Waals surface area contributed by atoms with Crippen molar-refractivity contribution >= 4 is 11.6 Å². The highest BCUT2D eigenvalue weighted by Crippen LogP contribution is 2.34. The molecule has 3 heterocycles. The molecule has 196 valence electrons. The molecule has 2 aliphatic rings. The zero-order valence-corrected chi connectivity index (χ0v) is 21.6. The normalized spacial score (nSPS) is 17.9. The third-order valence-corrected chi connectivity index (χ3v) is 7.38. The Morgan fingerprint density at radius 2 is 2.05 bits per heavy atom. The Labute approximate surface area is 217 Å². The minimum atomic E-state index is -1.63. The molecule has 7 nitrogen and oxygen atoms in total. The molecule has 5 rings (SSSR count). The zero-order chi connectivity index (χ0) is 25.9. The number of halogens is 1. The highest BCUT2D eigenvalue weighted by Gasteiger charge is 2.28. The zero-order valence-electron chi connectivity index (χ0n) is 21.6. The molecule has 0 spiro atoms. The maximum Gasteiger partial charge on any atom is 0.255 e. The van der Waals surface area contributed by atoms with E-state index in [1.807, 2.05) is 28.9 Å². The van der Waals surface area contributed by atoms with E-state index in [2.05, 4.69) is 40.8 Å². The second kappa shape index (κ2) is 11.0. The van der Waals surface area contributed by atoms with Gasteiger partial charge in [-0.2, -0.15) is 0 Å². The van der Waals surface area contributed by atoms with E-state index in [1.165, 1.54) is 31.9 Å². The lowest BCUT2D eigenvalue weighted by atomic mass is 10.00. The Balaban J connectivity index is 1.50. The molecule has 2 atom stereocenters. The molecular weight excluding hydrogens is 471 g/mol. The summed E-state index contributed by atoms with van der Waals surface area (Å²) in [4.78, 5) is 20.3. The first kappa shape index (κ1) is 25.4. The van der Waals surface area contributed by atoms with Crippen LogP contribution in [0.25, 0.3) is 16.9 Å². The lowest BCUT2D eigenvalue weighted by Crippen LogP contribution is -2.32. The molecule has 1 saturated carbocycles. The van der Waals surface area contributed by atoms with Gasteiger partial charge >= 0.3 is 0 Å². The number of piperidine rings is 1. The molecule has 37 heavy (non-hydrogen) atoms. The Hall–Kier alpha value is -3.23. The Bertz CT molecular complexity index is 1280. The molecule has 0 radical (unpaired) electrons. The Kier molecular flexibility index (Phi) is 7.58. The van der Waals surface area contributed by atoms with Gasteiger partial charge in [0.05, 0.1) is 31.2 Å². The van der Waals surface area contributed by atoms with Crippen molar-refractivity contribution in [1.29, 1.82) is 0 Å². The number of ether oxygens (including phenoxy) is 2. The molecule has 1 aromatic carbocycles. The first-order valence-corrected chi connectivity index (χ1v) is 13.1. The van der Waals surface area contributed by atoms with Crippen LogP contribution in [0.1, 0.15) is 66.6 Å². The summed E-state index contributed by atoms with van der Waals surface area (Å²) >= 11 is 0. The van der Waals surface area contributed by atoms with E-state index in [4.69, 9.17) is 9.47 Å². The molecule has 2 fully saturated rings. The van der Waals surface area contributed by atoms with Crippen LogP contribution in [0.4, 0.5) is 4.39 Å². The van der Waals surface area contributed by atoms with Crippen molar-refractivity contribution in [3.63, 3.8) is 0 Å². The number of alkyl halides is 1. The SMILES string of the molecule is C=CC(F)OCc1cc(-c2cnc3cc(C(C)N4CCCCC4)ccn23)cc(OC)c1C(=O)NC1CC1. The second-order valence-electron chi connectivity index (χ2n) is 9.96. The summed E-state index contributed by atoms with van der Waals surface area (Å²) in [6.07, 6.45) is 9.03. The van der Waals surface area contributed by atoms with Crippen molar-refractivity contribution in [3.05, 3.63) is 66.0 Å². The summed E-state index contributed by atoms with van der Waals surface area (Å²) in [6.45, 7) is 7.85. The number of nitrogens with zero attached hydrogens (tertiary/aromatic N) is 3. The standard InChI is InChI=1S/C29H35FN4O3/c1-4-26(30)37-18-22-14-21(15-25(36-3)28(22)29(35)32-23-8-9-23)24-17-31-27-16-20(10-13-34(24)27)19(2)33-11-6-5-7-12-33/h4,10,13-17,19,23,26H,1,5-9,11-12,18H2,2-3H3,(H,32,35). The number of hydrogen-bond donors (Lipinski definition) is 1. The minimum Gasteiger partial charge on any atom is -0.496 e.